The van der Waals surface area contributed by atoms with Gasteiger partial charge in [-0.05, 0) is 5.92 Å². The molecule has 3 nitrogen and oxygen atoms in total. The third-order valence-electron chi connectivity index (χ3n) is 2.39. The van der Waals surface area contributed by atoms with E-state index in [1.807, 2.05) is 0 Å². The van der Waals surface area contributed by atoms with Crippen LogP contribution in [0.3, 0.4) is 0 Å². The normalized spacial score (nSPS) is 49.2. The molecule has 0 aliphatic heterocycles. The summed E-state index contributed by atoms with van der Waals surface area (Å²) in [5, 5.41) is 10.1. The first-order valence-electron chi connectivity index (χ1n) is 2.87. The Kier molecular flexibility index (Phi) is 0.483. The number of nitrogens with zero attached hydrogens (tertiary/aromatic N) is 1. The van der Waals surface area contributed by atoms with E-state index in [1.165, 1.54) is 0 Å². The van der Waals surface area contributed by atoms with Crippen molar-refractivity contribution in [1.29, 1.82) is 0 Å². The Labute approximate surface area is 46.8 Å². The smallest absolute Gasteiger partial charge is 0.223 e. The average molecular weight is 113 g/mol. The van der Waals surface area contributed by atoms with Crippen molar-refractivity contribution in [3.63, 3.8) is 0 Å². The van der Waals surface area contributed by atoms with Crippen LogP contribution in [0.15, 0.2) is 0 Å². The van der Waals surface area contributed by atoms with Gasteiger partial charge in [0.1, 0.15) is 0 Å². The molecule has 0 amide bonds. The maximum absolute atomic E-state index is 10.1. The molecule has 3 fully saturated rings. The molecule has 0 heterocycles. The van der Waals surface area contributed by atoms with Gasteiger partial charge in [0, 0.05) is 24.2 Å². The van der Waals surface area contributed by atoms with Crippen molar-refractivity contribution < 1.29 is 4.92 Å². The molecule has 3 aliphatic carbocycles. The van der Waals surface area contributed by atoms with E-state index in [1.54, 1.807) is 0 Å². The molecule has 0 radical (unpaired) electrons. The van der Waals surface area contributed by atoms with Crippen molar-refractivity contribution in [2.75, 3.05) is 0 Å². The van der Waals surface area contributed by atoms with Gasteiger partial charge in [0.15, 0.2) is 0 Å². The zero-order chi connectivity index (χ0) is 5.78. The molecule has 0 aromatic carbocycles. The van der Waals surface area contributed by atoms with Crippen molar-refractivity contribution in [3.8, 4) is 0 Å². The number of rotatable bonds is 1. The van der Waals surface area contributed by atoms with Crippen LogP contribution in [-0.4, -0.2) is 10.5 Å². The lowest BCUT2D eigenvalue weighted by Crippen LogP contribution is -2.63. The van der Waals surface area contributed by atoms with E-state index in [9.17, 15) is 10.1 Å². The molecule has 0 aromatic rings. The highest BCUT2D eigenvalue weighted by atomic mass is 16.6. The molecule has 44 valence electrons. The van der Waals surface area contributed by atoms with Crippen molar-refractivity contribution in [2.24, 2.45) is 5.92 Å². The lowest BCUT2D eigenvalue weighted by atomic mass is 9.50. The zero-order valence-electron chi connectivity index (χ0n) is 4.46. The Hall–Kier alpha value is -0.600. The van der Waals surface area contributed by atoms with Crippen LogP contribution in [0.2, 0.25) is 0 Å². The highest BCUT2D eigenvalue weighted by molar-refractivity contribution is 5.08. The van der Waals surface area contributed by atoms with Gasteiger partial charge in [-0.3, -0.25) is 10.1 Å². The number of hydrogen-bond donors (Lipinski definition) is 0. The van der Waals surface area contributed by atoms with Crippen LogP contribution in [0.25, 0.3) is 0 Å². The summed E-state index contributed by atoms with van der Waals surface area (Å²) in [6, 6.07) is 0. The molecule has 0 atom stereocenters. The summed E-state index contributed by atoms with van der Waals surface area (Å²) in [6.07, 6.45) is 2.58. The molecule has 8 heavy (non-hydrogen) atoms. The Morgan fingerprint density at radius 1 is 1.50 bits per heavy atom. The predicted octanol–water partition coefficient (Wildman–Crippen LogP) is 0.816. The van der Waals surface area contributed by atoms with Crippen molar-refractivity contribution >= 4 is 0 Å². The molecule has 0 aromatic heterocycles. The summed E-state index contributed by atoms with van der Waals surface area (Å²) in [4.78, 5) is 10.0. The average Bonchev–Trinajstić information content (AvgIpc) is 1.16. The van der Waals surface area contributed by atoms with Gasteiger partial charge in [0.05, 0.1) is 0 Å². The molecular weight excluding hydrogens is 106 g/mol. The molecule has 0 saturated heterocycles. The molecular formula is C5H7NO2. The standard InChI is InChI=1S/C5H7NO2/c7-6(8)5-1-4(2-5)3-5/h4H,1-3H2. The largest absolute Gasteiger partial charge is 0.264 e. The van der Waals surface area contributed by atoms with Crippen molar-refractivity contribution in [2.45, 2.75) is 24.8 Å². The van der Waals surface area contributed by atoms with Crippen molar-refractivity contribution in [3.05, 3.63) is 10.1 Å². The summed E-state index contributed by atoms with van der Waals surface area (Å²) in [5.41, 5.74) is -0.412. The molecule has 0 spiro atoms. The van der Waals surface area contributed by atoms with Crippen LogP contribution in [0.4, 0.5) is 0 Å². The van der Waals surface area contributed by atoms with Crippen LogP contribution in [0, 0.1) is 16.0 Å². The molecule has 2 bridgehead atoms. The Bertz CT molecular complexity index is 137. The first-order valence-corrected chi connectivity index (χ1v) is 2.87. The van der Waals surface area contributed by atoms with E-state index >= 15 is 0 Å². The Morgan fingerprint density at radius 2 is 2.00 bits per heavy atom. The third-order valence-corrected chi connectivity index (χ3v) is 2.39. The maximum atomic E-state index is 10.1. The summed E-state index contributed by atoms with van der Waals surface area (Å²) >= 11 is 0. The van der Waals surface area contributed by atoms with Crippen LogP contribution < -0.4 is 0 Å². The molecule has 3 heteroatoms. The molecule has 3 saturated carbocycles. The second-order valence-electron chi connectivity index (χ2n) is 2.96. The summed E-state index contributed by atoms with van der Waals surface area (Å²) < 4.78 is 0. The zero-order valence-corrected chi connectivity index (χ0v) is 4.46. The second-order valence-corrected chi connectivity index (χ2v) is 2.96. The first-order chi connectivity index (χ1) is 3.73. The van der Waals surface area contributed by atoms with E-state index in [2.05, 4.69) is 0 Å². The summed E-state index contributed by atoms with van der Waals surface area (Å²) in [6.45, 7) is 0. The van der Waals surface area contributed by atoms with Gasteiger partial charge in [-0.25, -0.2) is 0 Å². The Balaban J connectivity index is 2.15. The molecule has 0 unspecified atom stereocenters. The third kappa shape index (κ3) is 0.251. The van der Waals surface area contributed by atoms with Crippen LogP contribution >= 0.6 is 0 Å². The lowest BCUT2D eigenvalue weighted by Gasteiger charge is -2.53. The summed E-state index contributed by atoms with van der Waals surface area (Å²) in [7, 11) is 0. The van der Waals surface area contributed by atoms with Crippen LogP contribution in [0.1, 0.15) is 19.3 Å². The second kappa shape index (κ2) is 0.900. The summed E-state index contributed by atoms with van der Waals surface area (Å²) in [5.74, 6) is 0.723. The SMILES string of the molecule is O=[N+]([O-])C12CC(C1)C2. The van der Waals surface area contributed by atoms with E-state index in [0.717, 1.165) is 25.2 Å². The Morgan fingerprint density at radius 3 is 2.00 bits per heavy atom. The van der Waals surface area contributed by atoms with E-state index in [0.29, 0.717) is 0 Å². The maximum Gasteiger partial charge on any atom is 0.223 e. The molecule has 3 aliphatic rings. The highest BCUT2D eigenvalue weighted by Crippen LogP contribution is 2.58. The predicted molar refractivity (Wildman–Crippen MR) is 27.1 cm³/mol. The van der Waals surface area contributed by atoms with Gasteiger partial charge in [-0.2, -0.15) is 0 Å². The van der Waals surface area contributed by atoms with Gasteiger partial charge < -0.3 is 0 Å². The fourth-order valence-electron chi connectivity index (χ4n) is 1.66. The van der Waals surface area contributed by atoms with Gasteiger partial charge in [-0.1, -0.05) is 0 Å². The van der Waals surface area contributed by atoms with Crippen molar-refractivity contribution in [1.82, 2.24) is 0 Å². The number of nitro groups is 1. The van der Waals surface area contributed by atoms with E-state index in [4.69, 9.17) is 0 Å². The topological polar surface area (TPSA) is 43.1 Å². The fourth-order valence-corrected chi connectivity index (χ4v) is 1.66. The van der Waals surface area contributed by atoms with Crippen LogP contribution in [-0.2, 0) is 0 Å². The minimum absolute atomic E-state index is 0.104. The van der Waals surface area contributed by atoms with E-state index in [-0.39, 0.29) is 4.92 Å². The first kappa shape index (κ1) is 4.30. The highest BCUT2D eigenvalue weighted by Gasteiger charge is 2.67. The van der Waals surface area contributed by atoms with Gasteiger partial charge in [0.2, 0.25) is 5.54 Å². The molecule has 0 N–H and O–H groups in total. The van der Waals surface area contributed by atoms with E-state index < -0.39 is 5.54 Å². The minimum atomic E-state index is -0.412. The quantitative estimate of drug-likeness (QED) is 0.373. The lowest BCUT2D eigenvalue weighted by molar-refractivity contribution is -0.625. The van der Waals surface area contributed by atoms with Gasteiger partial charge >= 0.3 is 0 Å². The van der Waals surface area contributed by atoms with Gasteiger partial charge in [0.25, 0.3) is 0 Å². The van der Waals surface area contributed by atoms with Crippen LogP contribution in [0.5, 0.6) is 0 Å². The monoisotopic (exact) mass is 113 g/mol. The minimum Gasteiger partial charge on any atom is -0.264 e. The number of hydrogen-bond acceptors (Lipinski definition) is 2. The molecule has 3 rings (SSSR count). The van der Waals surface area contributed by atoms with Gasteiger partial charge in [-0.15, -0.1) is 0 Å². The fraction of sp³-hybridized carbons (Fsp3) is 1.00.